The van der Waals surface area contributed by atoms with E-state index in [2.05, 4.69) is 15.3 Å². The van der Waals surface area contributed by atoms with E-state index in [0.29, 0.717) is 23.8 Å². The lowest BCUT2D eigenvalue weighted by atomic mass is 10.2. The molecule has 0 saturated heterocycles. The highest BCUT2D eigenvalue weighted by molar-refractivity contribution is 6.09. The molecule has 0 spiro atoms. The van der Waals surface area contributed by atoms with Crippen LogP contribution in [0, 0.1) is 0 Å². The number of anilines is 2. The Balaban J connectivity index is 1.96. The number of fused-ring (bicyclic) bond motifs is 1. The zero-order valence-corrected chi connectivity index (χ0v) is 11.3. The van der Waals surface area contributed by atoms with Crippen molar-refractivity contribution in [2.24, 2.45) is 0 Å². The molecule has 102 valence electrons. The molecule has 0 saturated carbocycles. The molecule has 0 aliphatic carbocycles. The molecule has 1 amide bonds. The van der Waals surface area contributed by atoms with Gasteiger partial charge in [0.05, 0.1) is 24.9 Å². The van der Waals surface area contributed by atoms with Crippen molar-refractivity contribution in [1.82, 2.24) is 9.97 Å². The maximum atomic E-state index is 12.4. The number of carbonyl (C=O) groups is 1. The average Bonchev–Trinajstić information content (AvgIpc) is 2.83. The number of methoxy groups -OCH3 is 1. The molecule has 2 aromatic rings. The molecule has 3 rings (SSSR count). The van der Waals surface area contributed by atoms with Crippen molar-refractivity contribution >= 4 is 17.5 Å². The number of rotatable bonds is 3. The molecule has 0 atom stereocenters. The molecule has 0 fully saturated rings. The van der Waals surface area contributed by atoms with E-state index in [0.717, 1.165) is 11.4 Å². The van der Waals surface area contributed by atoms with Gasteiger partial charge in [-0.25, -0.2) is 9.97 Å². The Morgan fingerprint density at radius 1 is 1.40 bits per heavy atom. The van der Waals surface area contributed by atoms with Gasteiger partial charge >= 0.3 is 0 Å². The summed E-state index contributed by atoms with van der Waals surface area (Å²) in [6.45, 7) is 0.443. The molecule has 20 heavy (non-hydrogen) atoms. The van der Waals surface area contributed by atoms with E-state index in [4.69, 9.17) is 4.74 Å². The lowest BCUT2D eigenvalue weighted by molar-refractivity contribution is 0.0996. The fourth-order valence-electron chi connectivity index (χ4n) is 2.19. The van der Waals surface area contributed by atoms with Gasteiger partial charge in [-0.15, -0.1) is 0 Å². The van der Waals surface area contributed by atoms with Gasteiger partial charge < -0.3 is 15.0 Å². The maximum Gasteiger partial charge on any atom is 0.262 e. The van der Waals surface area contributed by atoms with Crippen LogP contribution < -0.4 is 15.0 Å². The quantitative estimate of drug-likeness (QED) is 0.919. The number of benzene rings is 1. The van der Waals surface area contributed by atoms with E-state index >= 15 is 0 Å². The van der Waals surface area contributed by atoms with Crippen molar-refractivity contribution in [2.45, 2.75) is 6.54 Å². The fraction of sp³-hybridized carbons (Fsp3) is 0.214. The number of aromatic nitrogens is 2. The number of amides is 1. The van der Waals surface area contributed by atoms with E-state index < -0.39 is 0 Å². The minimum atomic E-state index is -0.0871. The summed E-state index contributed by atoms with van der Waals surface area (Å²) < 4.78 is 5.19. The molecule has 0 unspecified atom stereocenters. The van der Waals surface area contributed by atoms with Crippen LogP contribution in [0.1, 0.15) is 16.1 Å². The molecule has 1 aromatic carbocycles. The van der Waals surface area contributed by atoms with Crippen LogP contribution in [0.2, 0.25) is 0 Å². The molecule has 0 radical (unpaired) electrons. The first-order chi connectivity index (χ1) is 9.72. The summed E-state index contributed by atoms with van der Waals surface area (Å²) in [6.07, 6.45) is 1.57. The van der Waals surface area contributed by atoms with Crippen LogP contribution in [0.4, 0.5) is 11.6 Å². The molecule has 1 N–H and O–H groups in total. The van der Waals surface area contributed by atoms with Crippen LogP contribution in [0.25, 0.3) is 0 Å². The normalized spacial score (nSPS) is 13.3. The van der Waals surface area contributed by atoms with E-state index in [1.54, 1.807) is 25.3 Å². The van der Waals surface area contributed by atoms with Gasteiger partial charge in [0.25, 0.3) is 5.91 Å². The number of nitrogens with one attached hydrogen (secondary N) is 1. The minimum Gasteiger partial charge on any atom is -0.497 e. The topological polar surface area (TPSA) is 67.3 Å². The Labute approximate surface area is 116 Å². The van der Waals surface area contributed by atoms with Crippen LogP contribution in [0.3, 0.4) is 0 Å². The summed E-state index contributed by atoms with van der Waals surface area (Å²) in [5, 5.41) is 2.87. The van der Waals surface area contributed by atoms with Gasteiger partial charge in [-0.05, 0) is 12.1 Å². The van der Waals surface area contributed by atoms with Crippen LogP contribution in [0.5, 0.6) is 5.75 Å². The third-order valence-electron chi connectivity index (χ3n) is 3.24. The Morgan fingerprint density at radius 2 is 2.25 bits per heavy atom. The number of nitrogens with zero attached hydrogens (tertiary/aromatic N) is 3. The monoisotopic (exact) mass is 270 g/mol. The van der Waals surface area contributed by atoms with E-state index in [1.807, 2.05) is 24.3 Å². The average molecular weight is 270 g/mol. The second-order valence-corrected chi connectivity index (χ2v) is 4.40. The lowest BCUT2D eigenvalue weighted by Gasteiger charge is -2.15. The van der Waals surface area contributed by atoms with Crippen molar-refractivity contribution in [3.05, 3.63) is 41.7 Å². The van der Waals surface area contributed by atoms with Crippen molar-refractivity contribution in [3.63, 3.8) is 0 Å². The SMILES string of the molecule is CNc1ncc2c(n1)CN(c1cccc(OC)c1)C2=O. The van der Waals surface area contributed by atoms with Gasteiger partial charge in [0.15, 0.2) is 0 Å². The van der Waals surface area contributed by atoms with Gasteiger partial charge in [0.1, 0.15) is 5.75 Å². The van der Waals surface area contributed by atoms with Crippen LogP contribution >= 0.6 is 0 Å². The molecule has 0 bridgehead atoms. The summed E-state index contributed by atoms with van der Waals surface area (Å²) >= 11 is 0. The molecule has 1 aliphatic rings. The number of ether oxygens (including phenoxy) is 1. The van der Waals surface area contributed by atoms with Crippen molar-refractivity contribution < 1.29 is 9.53 Å². The number of hydrogen-bond acceptors (Lipinski definition) is 5. The number of hydrogen-bond donors (Lipinski definition) is 1. The first-order valence-corrected chi connectivity index (χ1v) is 6.22. The highest BCUT2D eigenvalue weighted by Crippen LogP contribution is 2.29. The number of carbonyl (C=O) groups excluding carboxylic acids is 1. The molecule has 6 nitrogen and oxygen atoms in total. The fourth-order valence-corrected chi connectivity index (χ4v) is 2.19. The van der Waals surface area contributed by atoms with E-state index in [1.165, 1.54) is 0 Å². The first kappa shape index (κ1) is 12.4. The van der Waals surface area contributed by atoms with Crippen LogP contribution in [-0.4, -0.2) is 30.0 Å². The molecule has 1 aromatic heterocycles. The Morgan fingerprint density at radius 3 is 3.00 bits per heavy atom. The third kappa shape index (κ3) is 1.95. The Bertz CT molecular complexity index is 672. The summed E-state index contributed by atoms with van der Waals surface area (Å²) in [4.78, 5) is 22.5. The second kappa shape index (κ2) is 4.80. The predicted octanol–water partition coefficient (Wildman–Crippen LogP) is 1.69. The maximum absolute atomic E-state index is 12.4. The predicted molar refractivity (Wildman–Crippen MR) is 75.1 cm³/mol. The van der Waals surface area contributed by atoms with Crippen molar-refractivity contribution in [1.29, 1.82) is 0 Å². The first-order valence-electron chi connectivity index (χ1n) is 6.22. The second-order valence-electron chi connectivity index (χ2n) is 4.40. The van der Waals surface area contributed by atoms with E-state index in [-0.39, 0.29) is 5.91 Å². The van der Waals surface area contributed by atoms with E-state index in [9.17, 15) is 4.79 Å². The minimum absolute atomic E-state index is 0.0871. The summed E-state index contributed by atoms with van der Waals surface area (Å²) in [6, 6.07) is 7.40. The molecule has 1 aliphatic heterocycles. The Hall–Kier alpha value is -2.63. The highest BCUT2D eigenvalue weighted by atomic mass is 16.5. The lowest BCUT2D eigenvalue weighted by Crippen LogP contribution is -2.22. The van der Waals surface area contributed by atoms with Gasteiger partial charge in [0, 0.05) is 25.0 Å². The van der Waals surface area contributed by atoms with Gasteiger partial charge in [-0.3, -0.25) is 4.79 Å². The molecular weight excluding hydrogens is 256 g/mol. The molecular formula is C14H14N4O2. The van der Waals surface area contributed by atoms with Gasteiger partial charge in [-0.2, -0.15) is 0 Å². The summed E-state index contributed by atoms with van der Waals surface area (Å²) in [5.41, 5.74) is 2.07. The van der Waals surface area contributed by atoms with Gasteiger partial charge in [0.2, 0.25) is 5.95 Å². The highest BCUT2D eigenvalue weighted by Gasteiger charge is 2.30. The van der Waals surface area contributed by atoms with Gasteiger partial charge in [-0.1, -0.05) is 6.07 Å². The van der Waals surface area contributed by atoms with Crippen LogP contribution in [-0.2, 0) is 6.54 Å². The third-order valence-corrected chi connectivity index (χ3v) is 3.24. The van der Waals surface area contributed by atoms with Crippen LogP contribution in [0.15, 0.2) is 30.5 Å². The Kier molecular flexibility index (Phi) is 2.98. The van der Waals surface area contributed by atoms with Crippen molar-refractivity contribution in [2.75, 3.05) is 24.4 Å². The zero-order valence-electron chi connectivity index (χ0n) is 11.3. The largest absolute Gasteiger partial charge is 0.497 e. The molecule has 6 heteroatoms. The zero-order chi connectivity index (χ0) is 14.1. The smallest absolute Gasteiger partial charge is 0.262 e. The summed E-state index contributed by atoms with van der Waals surface area (Å²) in [7, 11) is 3.35. The molecule has 2 heterocycles. The summed E-state index contributed by atoms with van der Waals surface area (Å²) in [5.74, 6) is 1.15. The standard InChI is InChI=1S/C14H14N4O2/c1-15-14-16-7-11-12(17-14)8-18(13(11)19)9-4-3-5-10(6-9)20-2/h3-7H,8H2,1-2H3,(H,15,16,17). The van der Waals surface area contributed by atoms with Crippen molar-refractivity contribution in [3.8, 4) is 5.75 Å².